The second kappa shape index (κ2) is 7.67. The maximum atomic E-state index is 11.5. The van der Waals surface area contributed by atoms with Gasteiger partial charge in [-0.3, -0.25) is 9.69 Å². The van der Waals surface area contributed by atoms with Gasteiger partial charge >= 0.3 is 0 Å². The van der Waals surface area contributed by atoms with Gasteiger partial charge in [-0.05, 0) is 12.3 Å². The Hall–Kier alpha value is -0.610. The summed E-state index contributed by atoms with van der Waals surface area (Å²) in [7, 11) is 0. The smallest absolute Gasteiger partial charge is 0.220 e. The van der Waals surface area contributed by atoms with Crippen LogP contribution in [0.5, 0.6) is 0 Å². The van der Waals surface area contributed by atoms with Gasteiger partial charge in [0.25, 0.3) is 0 Å². The van der Waals surface area contributed by atoms with Crippen LogP contribution in [0.25, 0.3) is 0 Å². The highest BCUT2D eigenvalue weighted by Crippen LogP contribution is 2.12. The van der Waals surface area contributed by atoms with E-state index in [1.54, 1.807) is 0 Å². The molecular weight excluding hydrogens is 216 g/mol. The van der Waals surface area contributed by atoms with Gasteiger partial charge in [-0.25, -0.2) is 0 Å². The number of carbonyl (C=O) groups is 1. The van der Waals surface area contributed by atoms with E-state index in [1.165, 1.54) is 0 Å². The summed E-state index contributed by atoms with van der Waals surface area (Å²) >= 11 is 0. The molecule has 0 aliphatic carbocycles. The molecule has 1 fully saturated rings. The Bertz CT molecular complexity index is 225. The fourth-order valence-electron chi connectivity index (χ4n) is 2.23. The van der Waals surface area contributed by atoms with Crippen molar-refractivity contribution >= 4 is 5.91 Å². The predicted octanol–water partition coefficient (Wildman–Crippen LogP) is 1.26. The fraction of sp³-hybridized carbons (Fsp3) is 0.923. The number of ether oxygens (including phenoxy) is 1. The molecule has 1 atom stereocenters. The Balaban J connectivity index is 2.39. The zero-order valence-electron chi connectivity index (χ0n) is 11.4. The topological polar surface area (TPSA) is 41.6 Å². The van der Waals surface area contributed by atoms with Gasteiger partial charge in [-0.2, -0.15) is 0 Å². The van der Waals surface area contributed by atoms with E-state index in [-0.39, 0.29) is 5.91 Å². The normalized spacial score (nSPS) is 19.3. The number of morpholine rings is 1. The molecule has 100 valence electrons. The summed E-state index contributed by atoms with van der Waals surface area (Å²) in [6.07, 6.45) is 1.55. The van der Waals surface area contributed by atoms with Gasteiger partial charge in [0, 0.05) is 32.1 Å². The summed E-state index contributed by atoms with van der Waals surface area (Å²) in [6, 6.07) is 0.430. The van der Waals surface area contributed by atoms with Crippen LogP contribution in [0.2, 0.25) is 0 Å². The number of nitrogens with one attached hydrogen (secondary N) is 1. The summed E-state index contributed by atoms with van der Waals surface area (Å²) in [4.78, 5) is 13.9. The summed E-state index contributed by atoms with van der Waals surface area (Å²) in [5.41, 5.74) is 0. The van der Waals surface area contributed by atoms with Crippen molar-refractivity contribution in [3.05, 3.63) is 0 Å². The monoisotopic (exact) mass is 242 g/mol. The summed E-state index contributed by atoms with van der Waals surface area (Å²) in [5, 5.41) is 3.04. The number of carbonyl (C=O) groups excluding carboxylic acids is 1. The molecule has 0 aromatic heterocycles. The second-order valence-electron chi connectivity index (χ2n) is 5.01. The minimum Gasteiger partial charge on any atom is -0.379 e. The molecule has 0 radical (unpaired) electrons. The molecule has 1 rings (SSSR count). The van der Waals surface area contributed by atoms with Crippen LogP contribution in [0.1, 0.15) is 33.6 Å². The molecule has 1 aliphatic rings. The van der Waals surface area contributed by atoms with Crippen molar-refractivity contribution in [2.45, 2.75) is 39.7 Å². The summed E-state index contributed by atoms with van der Waals surface area (Å²) < 4.78 is 5.36. The molecule has 1 aliphatic heterocycles. The first-order chi connectivity index (χ1) is 8.15. The Morgan fingerprint density at radius 1 is 1.35 bits per heavy atom. The van der Waals surface area contributed by atoms with Crippen LogP contribution < -0.4 is 5.32 Å². The standard InChI is InChI=1S/C13H26N2O2/c1-4-5-13(16)14-10-12(11(2)3)15-6-8-17-9-7-15/h11-12H,4-10H2,1-3H3,(H,14,16). The minimum absolute atomic E-state index is 0.173. The van der Waals surface area contributed by atoms with E-state index >= 15 is 0 Å². The van der Waals surface area contributed by atoms with Gasteiger partial charge < -0.3 is 10.1 Å². The average Bonchev–Trinajstić information content (AvgIpc) is 2.30. The maximum Gasteiger partial charge on any atom is 0.220 e. The van der Waals surface area contributed by atoms with Crippen LogP contribution in [-0.4, -0.2) is 49.7 Å². The van der Waals surface area contributed by atoms with Crippen LogP contribution >= 0.6 is 0 Å². The summed E-state index contributed by atoms with van der Waals surface area (Å²) in [6.45, 7) is 10.8. The number of hydrogen-bond donors (Lipinski definition) is 1. The first-order valence-corrected chi connectivity index (χ1v) is 6.73. The third-order valence-electron chi connectivity index (χ3n) is 3.27. The fourth-order valence-corrected chi connectivity index (χ4v) is 2.23. The highest BCUT2D eigenvalue weighted by Gasteiger charge is 2.23. The third-order valence-corrected chi connectivity index (χ3v) is 3.27. The molecule has 0 bridgehead atoms. The van der Waals surface area contributed by atoms with E-state index in [0.717, 1.165) is 39.3 Å². The van der Waals surface area contributed by atoms with Crippen LogP contribution in [0.4, 0.5) is 0 Å². The molecule has 4 heteroatoms. The summed E-state index contributed by atoms with van der Waals surface area (Å²) in [5.74, 6) is 0.724. The zero-order chi connectivity index (χ0) is 12.7. The molecule has 0 aromatic carbocycles. The zero-order valence-corrected chi connectivity index (χ0v) is 11.4. The van der Waals surface area contributed by atoms with Crippen LogP contribution in [0.15, 0.2) is 0 Å². The van der Waals surface area contributed by atoms with Crippen molar-refractivity contribution in [3.8, 4) is 0 Å². The van der Waals surface area contributed by atoms with Crippen LogP contribution in [0, 0.1) is 5.92 Å². The Morgan fingerprint density at radius 3 is 2.53 bits per heavy atom. The molecule has 1 amide bonds. The number of hydrogen-bond acceptors (Lipinski definition) is 3. The largest absolute Gasteiger partial charge is 0.379 e. The van der Waals surface area contributed by atoms with Crippen molar-refractivity contribution in [2.75, 3.05) is 32.8 Å². The first kappa shape index (κ1) is 14.5. The molecule has 0 aromatic rings. The van der Waals surface area contributed by atoms with Gasteiger partial charge in [-0.1, -0.05) is 20.8 Å². The molecule has 1 saturated heterocycles. The van der Waals surface area contributed by atoms with E-state index in [9.17, 15) is 4.79 Å². The number of nitrogens with zero attached hydrogens (tertiary/aromatic N) is 1. The van der Waals surface area contributed by atoms with Crippen molar-refractivity contribution in [2.24, 2.45) is 5.92 Å². The first-order valence-electron chi connectivity index (χ1n) is 6.73. The Morgan fingerprint density at radius 2 is 2.00 bits per heavy atom. The molecule has 1 N–H and O–H groups in total. The van der Waals surface area contributed by atoms with Gasteiger partial charge in [0.05, 0.1) is 13.2 Å². The molecule has 0 spiro atoms. The predicted molar refractivity (Wildman–Crippen MR) is 68.9 cm³/mol. The van der Waals surface area contributed by atoms with Gasteiger partial charge in [-0.15, -0.1) is 0 Å². The van der Waals surface area contributed by atoms with Crippen LogP contribution in [0.3, 0.4) is 0 Å². The van der Waals surface area contributed by atoms with Crippen molar-refractivity contribution in [3.63, 3.8) is 0 Å². The lowest BCUT2D eigenvalue weighted by Crippen LogP contribution is -2.51. The SMILES string of the molecule is CCCC(=O)NCC(C(C)C)N1CCOCC1. The molecule has 17 heavy (non-hydrogen) atoms. The van der Waals surface area contributed by atoms with Crippen molar-refractivity contribution < 1.29 is 9.53 Å². The lowest BCUT2D eigenvalue weighted by molar-refractivity contribution is -0.121. The van der Waals surface area contributed by atoms with E-state index in [2.05, 4.69) is 24.1 Å². The number of amides is 1. The Labute approximate surface area is 105 Å². The molecule has 1 heterocycles. The molecule has 1 unspecified atom stereocenters. The Kier molecular flexibility index (Phi) is 6.52. The lowest BCUT2D eigenvalue weighted by atomic mass is 10.0. The lowest BCUT2D eigenvalue weighted by Gasteiger charge is -2.36. The third kappa shape index (κ3) is 5.04. The maximum absolute atomic E-state index is 11.5. The van der Waals surface area contributed by atoms with Gasteiger partial charge in [0.15, 0.2) is 0 Å². The van der Waals surface area contributed by atoms with E-state index in [1.807, 2.05) is 6.92 Å². The average molecular weight is 242 g/mol. The van der Waals surface area contributed by atoms with Crippen LogP contribution in [-0.2, 0) is 9.53 Å². The quantitative estimate of drug-likeness (QED) is 0.762. The molecule has 4 nitrogen and oxygen atoms in total. The van der Waals surface area contributed by atoms with E-state index in [0.29, 0.717) is 18.4 Å². The van der Waals surface area contributed by atoms with Crippen molar-refractivity contribution in [1.82, 2.24) is 10.2 Å². The molecule has 0 saturated carbocycles. The van der Waals surface area contributed by atoms with Gasteiger partial charge in [0.2, 0.25) is 5.91 Å². The van der Waals surface area contributed by atoms with E-state index < -0.39 is 0 Å². The molecular formula is C13H26N2O2. The number of rotatable bonds is 6. The van der Waals surface area contributed by atoms with E-state index in [4.69, 9.17) is 4.74 Å². The second-order valence-corrected chi connectivity index (χ2v) is 5.01. The highest BCUT2D eigenvalue weighted by molar-refractivity contribution is 5.75. The minimum atomic E-state index is 0.173. The van der Waals surface area contributed by atoms with Crippen molar-refractivity contribution in [1.29, 1.82) is 0 Å². The highest BCUT2D eigenvalue weighted by atomic mass is 16.5. The van der Waals surface area contributed by atoms with Gasteiger partial charge in [0.1, 0.15) is 0 Å².